The van der Waals surface area contributed by atoms with Crippen LogP contribution in [-0.4, -0.2) is 46.0 Å². The Kier molecular flexibility index (Phi) is 5.97. The third-order valence-corrected chi connectivity index (χ3v) is 5.52. The summed E-state index contributed by atoms with van der Waals surface area (Å²) in [5, 5.41) is 0. The number of amides is 1. The van der Waals surface area contributed by atoms with Gasteiger partial charge in [0.05, 0.1) is 45.8 Å². The number of aromatic nitrogens is 1. The van der Waals surface area contributed by atoms with Gasteiger partial charge in [-0.05, 0) is 12.1 Å². The first kappa shape index (κ1) is 20.5. The first-order valence-corrected chi connectivity index (χ1v) is 9.39. The van der Waals surface area contributed by atoms with Crippen molar-refractivity contribution in [2.24, 2.45) is 12.0 Å². The summed E-state index contributed by atoms with van der Waals surface area (Å²) < 4.78 is 29.4. The van der Waals surface area contributed by atoms with E-state index in [1.807, 2.05) is 23.7 Å². The number of thiazole rings is 1. The number of benzene rings is 2. The Bertz CT molecular complexity index is 1110. The maximum atomic E-state index is 12.9. The van der Waals surface area contributed by atoms with Crippen LogP contribution in [0.2, 0.25) is 0 Å². The van der Waals surface area contributed by atoms with Gasteiger partial charge in [0.25, 0.3) is 5.91 Å². The quantitative estimate of drug-likeness (QED) is 0.612. The average molecular weight is 418 g/mol. The Hall–Kier alpha value is -3.20. The molecule has 1 aromatic heterocycles. The van der Waals surface area contributed by atoms with E-state index in [1.54, 1.807) is 26.4 Å². The van der Waals surface area contributed by atoms with E-state index in [2.05, 4.69) is 4.99 Å². The van der Waals surface area contributed by atoms with Gasteiger partial charge in [0.1, 0.15) is 0 Å². The van der Waals surface area contributed by atoms with Gasteiger partial charge in [-0.15, -0.1) is 0 Å². The summed E-state index contributed by atoms with van der Waals surface area (Å²) in [6.07, 6.45) is 0. The SMILES string of the molecule is COc1cc2sc(=NC(=O)c3cc(OC)c(OC)c(OC)c3)n(C)c2cc1OC. The first-order chi connectivity index (χ1) is 14.0. The Morgan fingerprint density at radius 3 is 1.90 bits per heavy atom. The summed E-state index contributed by atoms with van der Waals surface area (Å²) in [4.78, 5) is 17.7. The van der Waals surface area contributed by atoms with Crippen LogP contribution in [0.5, 0.6) is 28.7 Å². The topological polar surface area (TPSA) is 80.5 Å². The molecule has 0 saturated heterocycles. The van der Waals surface area contributed by atoms with Crippen molar-refractivity contribution in [3.05, 3.63) is 34.6 Å². The molecule has 0 unspecified atom stereocenters. The molecule has 3 rings (SSSR count). The molecule has 3 aromatic rings. The second-order valence-corrected chi connectivity index (χ2v) is 6.96. The molecular weight excluding hydrogens is 396 g/mol. The number of rotatable bonds is 6. The van der Waals surface area contributed by atoms with Crippen molar-refractivity contribution in [3.63, 3.8) is 0 Å². The Balaban J connectivity index is 2.12. The summed E-state index contributed by atoms with van der Waals surface area (Å²) in [5.74, 6) is 1.99. The maximum Gasteiger partial charge on any atom is 0.279 e. The second-order valence-electron chi connectivity index (χ2n) is 5.95. The molecule has 2 aromatic carbocycles. The van der Waals surface area contributed by atoms with Gasteiger partial charge in [0.15, 0.2) is 27.8 Å². The van der Waals surface area contributed by atoms with Crippen molar-refractivity contribution in [1.29, 1.82) is 0 Å². The lowest BCUT2D eigenvalue weighted by Crippen LogP contribution is -2.13. The van der Waals surface area contributed by atoms with Crippen molar-refractivity contribution in [2.75, 3.05) is 35.5 Å². The van der Waals surface area contributed by atoms with E-state index in [9.17, 15) is 4.79 Å². The number of methoxy groups -OCH3 is 5. The molecule has 0 aliphatic heterocycles. The van der Waals surface area contributed by atoms with Crippen molar-refractivity contribution in [2.45, 2.75) is 0 Å². The lowest BCUT2D eigenvalue weighted by molar-refractivity contribution is 0.0997. The van der Waals surface area contributed by atoms with E-state index in [0.29, 0.717) is 39.1 Å². The number of fused-ring (bicyclic) bond motifs is 1. The molecule has 154 valence electrons. The zero-order chi connectivity index (χ0) is 21.1. The number of ether oxygens (including phenoxy) is 5. The molecule has 0 N–H and O–H groups in total. The number of hydrogen-bond acceptors (Lipinski definition) is 7. The van der Waals surface area contributed by atoms with Gasteiger partial charge in [-0.1, -0.05) is 11.3 Å². The van der Waals surface area contributed by atoms with Crippen LogP contribution in [0.25, 0.3) is 10.2 Å². The summed E-state index contributed by atoms with van der Waals surface area (Å²) in [7, 11) is 9.49. The number of hydrogen-bond donors (Lipinski definition) is 0. The monoisotopic (exact) mass is 418 g/mol. The third-order valence-electron chi connectivity index (χ3n) is 4.42. The van der Waals surface area contributed by atoms with E-state index in [-0.39, 0.29) is 0 Å². The molecule has 1 amide bonds. The normalized spacial score (nSPS) is 11.4. The highest BCUT2D eigenvalue weighted by molar-refractivity contribution is 7.16. The van der Waals surface area contributed by atoms with Crippen molar-refractivity contribution in [1.82, 2.24) is 4.57 Å². The third kappa shape index (κ3) is 3.73. The molecular formula is C20H22N2O6S. The van der Waals surface area contributed by atoms with Gasteiger partial charge in [-0.2, -0.15) is 4.99 Å². The minimum atomic E-state index is -0.426. The fourth-order valence-electron chi connectivity index (χ4n) is 2.92. The highest BCUT2D eigenvalue weighted by Crippen LogP contribution is 2.38. The fraction of sp³-hybridized carbons (Fsp3) is 0.300. The van der Waals surface area contributed by atoms with Crippen LogP contribution in [-0.2, 0) is 7.05 Å². The zero-order valence-corrected chi connectivity index (χ0v) is 17.9. The van der Waals surface area contributed by atoms with Gasteiger partial charge in [-0.25, -0.2) is 0 Å². The molecule has 0 aliphatic rings. The van der Waals surface area contributed by atoms with E-state index in [0.717, 1.165) is 10.2 Å². The number of carbonyl (C=O) groups excluding carboxylic acids is 1. The molecule has 29 heavy (non-hydrogen) atoms. The summed E-state index contributed by atoms with van der Waals surface area (Å²) in [5.41, 5.74) is 1.20. The van der Waals surface area contributed by atoms with Crippen molar-refractivity contribution >= 4 is 27.5 Å². The summed E-state index contributed by atoms with van der Waals surface area (Å²) >= 11 is 1.38. The van der Waals surface area contributed by atoms with E-state index in [4.69, 9.17) is 23.7 Å². The molecule has 0 bridgehead atoms. The standard InChI is InChI=1S/C20H22N2O6S/c1-22-12-9-13(24-2)14(25-3)10-17(12)29-20(22)21-19(23)11-7-15(26-4)18(28-6)16(8-11)27-5/h7-10H,1-6H3. The molecule has 9 heteroatoms. The minimum Gasteiger partial charge on any atom is -0.493 e. The Morgan fingerprint density at radius 1 is 0.828 bits per heavy atom. The second kappa shape index (κ2) is 8.44. The van der Waals surface area contributed by atoms with Gasteiger partial charge >= 0.3 is 0 Å². The lowest BCUT2D eigenvalue weighted by Gasteiger charge is -2.12. The highest BCUT2D eigenvalue weighted by atomic mass is 32.1. The highest BCUT2D eigenvalue weighted by Gasteiger charge is 2.17. The Morgan fingerprint density at radius 2 is 1.38 bits per heavy atom. The molecule has 0 fully saturated rings. The first-order valence-electron chi connectivity index (χ1n) is 8.58. The van der Waals surface area contributed by atoms with E-state index < -0.39 is 5.91 Å². The van der Waals surface area contributed by atoms with Crippen LogP contribution < -0.4 is 28.5 Å². The predicted octanol–water partition coefficient (Wildman–Crippen LogP) is 3.02. The van der Waals surface area contributed by atoms with Gasteiger partial charge in [0.2, 0.25) is 5.75 Å². The molecule has 0 atom stereocenters. The molecule has 0 radical (unpaired) electrons. The van der Waals surface area contributed by atoms with Crippen LogP contribution in [0.4, 0.5) is 0 Å². The van der Waals surface area contributed by atoms with Crippen LogP contribution >= 0.6 is 11.3 Å². The van der Waals surface area contributed by atoms with Crippen LogP contribution in [0, 0.1) is 0 Å². The molecule has 8 nitrogen and oxygen atoms in total. The summed E-state index contributed by atoms with van der Waals surface area (Å²) in [6, 6.07) is 6.87. The van der Waals surface area contributed by atoms with Crippen LogP contribution in [0.1, 0.15) is 10.4 Å². The van der Waals surface area contributed by atoms with Crippen molar-refractivity contribution < 1.29 is 28.5 Å². The van der Waals surface area contributed by atoms with Gasteiger partial charge < -0.3 is 28.3 Å². The molecule has 0 saturated carbocycles. The number of nitrogens with zero attached hydrogens (tertiary/aromatic N) is 2. The number of aryl methyl sites for hydroxylation is 1. The predicted molar refractivity (Wildman–Crippen MR) is 110 cm³/mol. The average Bonchev–Trinajstić information content (AvgIpc) is 3.05. The lowest BCUT2D eigenvalue weighted by atomic mass is 10.1. The largest absolute Gasteiger partial charge is 0.493 e. The minimum absolute atomic E-state index is 0.326. The molecule has 0 spiro atoms. The zero-order valence-electron chi connectivity index (χ0n) is 17.1. The Labute approximate surface area is 171 Å². The van der Waals surface area contributed by atoms with E-state index >= 15 is 0 Å². The molecule has 0 aliphatic carbocycles. The molecule has 1 heterocycles. The van der Waals surface area contributed by atoms with Gasteiger partial charge in [0, 0.05) is 24.7 Å². The van der Waals surface area contributed by atoms with Crippen molar-refractivity contribution in [3.8, 4) is 28.7 Å². The van der Waals surface area contributed by atoms with E-state index in [1.165, 1.54) is 32.7 Å². The maximum absolute atomic E-state index is 12.9. The van der Waals surface area contributed by atoms with Crippen LogP contribution in [0.15, 0.2) is 29.3 Å². The van der Waals surface area contributed by atoms with Crippen LogP contribution in [0.3, 0.4) is 0 Å². The summed E-state index contributed by atoms with van der Waals surface area (Å²) in [6.45, 7) is 0. The smallest absolute Gasteiger partial charge is 0.279 e. The fourth-order valence-corrected chi connectivity index (χ4v) is 3.94. The van der Waals surface area contributed by atoms with Gasteiger partial charge in [-0.3, -0.25) is 4.79 Å². The number of carbonyl (C=O) groups is 1.